The van der Waals surface area contributed by atoms with Crippen molar-refractivity contribution in [3.05, 3.63) is 46.7 Å². The fourth-order valence-electron chi connectivity index (χ4n) is 3.62. The number of aromatic nitrogens is 5. The molecule has 4 heterocycles. The lowest BCUT2D eigenvalue weighted by molar-refractivity contribution is 0.175. The first-order valence-corrected chi connectivity index (χ1v) is 10.0. The predicted molar refractivity (Wildman–Crippen MR) is 103 cm³/mol. The van der Waals surface area contributed by atoms with Gasteiger partial charge in [0, 0.05) is 31.4 Å². The second kappa shape index (κ2) is 7.63. The van der Waals surface area contributed by atoms with Gasteiger partial charge in [-0.1, -0.05) is 0 Å². The number of hydrogen-bond acceptors (Lipinski definition) is 6. The van der Waals surface area contributed by atoms with Crippen molar-refractivity contribution in [2.45, 2.75) is 32.7 Å². The molecule has 1 fully saturated rings. The SMILES string of the molecule is Cc1ncc(-c2nccnc2CC2CCN(Cc3cscn3)CC2)n1C. The molecular formula is C19H24N6S. The van der Waals surface area contributed by atoms with E-state index in [1.165, 1.54) is 18.5 Å². The highest BCUT2D eigenvalue weighted by Gasteiger charge is 2.22. The maximum absolute atomic E-state index is 4.65. The summed E-state index contributed by atoms with van der Waals surface area (Å²) < 4.78 is 2.09. The standard InChI is InChI=1S/C19H24N6S/c1-14-22-10-18(24(14)2)19-17(20-5-6-21-19)9-15-3-7-25(8-4-15)11-16-12-26-13-23-16/h5-6,10,12-13,15H,3-4,7-9,11H2,1-2H3. The van der Waals surface area contributed by atoms with Gasteiger partial charge in [0.2, 0.25) is 0 Å². The zero-order valence-electron chi connectivity index (χ0n) is 15.3. The molecule has 0 saturated carbocycles. The van der Waals surface area contributed by atoms with Gasteiger partial charge in [0.25, 0.3) is 0 Å². The molecule has 0 bridgehead atoms. The Hall–Kier alpha value is -2.12. The van der Waals surface area contributed by atoms with Crippen molar-refractivity contribution in [2.75, 3.05) is 13.1 Å². The Bertz CT molecular complexity index is 849. The third-order valence-corrected chi connectivity index (χ3v) is 5.93. The van der Waals surface area contributed by atoms with Gasteiger partial charge in [0.15, 0.2) is 0 Å². The molecule has 6 nitrogen and oxygen atoms in total. The highest BCUT2D eigenvalue weighted by atomic mass is 32.1. The van der Waals surface area contributed by atoms with Gasteiger partial charge in [-0.05, 0) is 45.2 Å². The first kappa shape index (κ1) is 17.3. The lowest BCUT2D eigenvalue weighted by Crippen LogP contribution is -2.34. The van der Waals surface area contributed by atoms with Gasteiger partial charge in [0.05, 0.1) is 28.8 Å². The fraction of sp³-hybridized carbons (Fsp3) is 0.474. The lowest BCUT2D eigenvalue weighted by atomic mass is 9.91. The van der Waals surface area contributed by atoms with Crippen LogP contribution in [0.15, 0.2) is 29.5 Å². The van der Waals surface area contributed by atoms with Gasteiger partial charge < -0.3 is 4.57 Å². The Morgan fingerprint density at radius 3 is 2.62 bits per heavy atom. The van der Waals surface area contributed by atoms with Crippen LogP contribution < -0.4 is 0 Å². The van der Waals surface area contributed by atoms with E-state index < -0.39 is 0 Å². The van der Waals surface area contributed by atoms with Crippen LogP contribution in [0.2, 0.25) is 0 Å². The van der Waals surface area contributed by atoms with Crippen molar-refractivity contribution in [1.82, 2.24) is 29.4 Å². The van der Waals surface area contributed by atoms with Crippen LogP contribution in [0.3, 0.4) is 0 Å². The first-order valence-electron chi connectivity index (χ1n) is 9.08. The second-order valence-corrected chi connectivity index (χ2v) is 7.72. The molecule has 0 spiro atoms. The monoisotopic (exact) mass is 368 g/mol. The third kappa shape index (κ3) is 3.68. The molecule has 136 valence electrons. The molecule has 1 saturated heterocycles. The average molecular weight is 369 g/mol. The Kier molecular flexibility index (Phi) is 5.08. The molecule has 3 aromatic heterocycles. The smallest absolute Gasteiger partial charge is 0.110 e. The van der Waals surface area contributed by atoms with Crippen LogP contribution in [0.1, 0.15) is 30.1 Å². The second-order valence-electron chi connectivity index (χ2n) is 7.00. The topological polar surface area (TPSA) is 59.7 Å². The van der Waals surface area contributed by atoms with Crippen molar-refractivity contribution in [1.29, 1.82) is 0 Å². The molecule has 7 heteroatoms. The van der Waals surface area contributed by atoms with E-state index in [0.717, 1.165) is 49.0 Å². The quantitative estimate of drug-likeness (QED) is 0.693. The highest BCUT2D eigenvalue weighted by molar-refractivity contribution is 7.07. The van der Waals surface area contributed by atoms with Crippen LogP contribution in [0, 0.1) is 12.8 Å². The molecule has 0 aromatic carbocycles. The summed E-state index contributed by atoms with van der Waals surface area (Å²) in [6.45, 7) is 5.24. The molecule has 0 amide bonds. The molecule has 3 aromatic rings. The maximum Gasteiger partial charge on any atom is 0.110 e. The molecular weight excluding hydrogens is 344 g/mol. The number of nitrogens with zero attached hydrogens (tertiary/aromatic N) is 6. The van der Waals surface area contributed by atoms with Gasteiger partial charge in [-0.25, -0.2) is 9.97 Å². The van der Waals surface area contributed by atoms with Crippen LogP contribution in [0.5, 0.6) is 0 Å². The summed E-state index contributed by atoms with van der Waals surface area (Å²) in [4.78, 5) is 20.6. The summed E-state index contributed by atoms with van der Waals surface area (Å²) >= 11 is 1.67. The van der Waals surface area contributed by atoms with Crippen molar-refractivity contribution < 1.29 is 0 Å². The summed E-state index contributed by atoms with van der Waals surface area (Å²) in [6, 6.07) is 0. The number of likely N-dealkylation sites (tertiary alicyclic amines) is 1. The minimum atomic E-state index is 0.659. The molecule has 26 heavy (non-hydrogen) atoms. The molecule has 0 atom stereocenters. The van der Waals surface area contributed by atoms with Crippen LogP contribution in [0.4, 0.5) is 0 Å². The fourth-order valence-corrected chi connectivity index (χ4v) is 4.17. The number of imidazole rings is 1. The largest absolute Gasteiger partial charge is 0.330 e. The Morgan fingerprint density at radius 2 is 1.92 bits per heavy atom. The van der Waals surface area contributed by atoms with Gasteiger partial charge >= 0.3 is 0 Å². The van der Waals surface area contributed by atoms with Gasteiger partial charge in [0.1, 0.15) is 11.5 Å². The van der Waals surface area contributed by atoms with E-state index in [1.807, 2.05) is 25.7 Å². The predicted octanol–water partition coefficient (Wildman–Crippen LogP) is 3.10. The van der Waals surface area contributed by atoms with E-state index in [9.17, 15) is 0 Å². The molecule has 1 aliphatic heterocycles. The number of hydrogen-bond donors (Lipinski definition) is 0. The zero-order valence-corrected chi connectivity index (χ0v) is 16.1. The van der Waals surface area contributed by atoms with Crippen LogP contribution >= 0.6 is 11.3 Å². The van der Waals surface area contributed by atoms with Crippen molar-refractivity contribution >= 4 is 11.3 Å². The maximum atomic E-state index is 4.65. The number of piperidine rings is 1. The number of rotatable bonds is 5. The third-order valence-electron chi connectivity index (χ3n) is 5.30. The van der Waals surface area contributed by atoms with Crippen LogP contribution in [-0.4, -0.2) is 42.5 Å². The van der Waals surface area contributed by atoms with Crippen molar-refractivity contribution in [3.8, 4) is 11.4 Å². The molecule has 0 radical (unpaired) electrons. The highest BCUT2D eigenvalue weighted by Crippen LogP contribution is 2.27. The number of thiazole rings is 1. The zero-order chi connectivity index (χ0) is 17.9. The van der Waals surface area contributed by atoms with E-state index in [1.54, 1.807) is 23.7 Å². The molecule has 4 rings (SSSR count). The van der Waals surface area contributed by atoms with Crippen LogP contribution in [0.25, 0.3) is 11.4 Å². The van der Waals surface area contributed by atoms with E-state index >= 15 is 0 Å². The summed E-state index contributed by atoms with van der Waals surface area (Å²) in [7, 11) is 2.03. The Morgan fingerprint density at radius 1 is 1.12 bits per heavy atom. The first-order chi connectivity index (χ1) is 12.7. The molecule has 0 unspecified atom stereocenters. The summed E-state index contributed by atoms with van der Waals surface area (Å²) in [5, 5.41) is 2.15. The lowest BCUT2D eigenvalue weighted by Gasteiger charge is -2.31. The van der Waals surface area contributed by atoms with Gasteiger partial charge in [-0.2, -0.15) is 0 Å². The normalized spacial score (nSPS) is 16.2. The van der Waals surface area contributed by atoms with E-state index in [-0.39, 0.29) is 0 Å². The van der Waals surface area contributed by atoms with Crippen molar-refractivity contribution in [2.24, 2.45) is 13.0 Å². The molecule has 0 N–H and O–H groups in total. The number of aryl methyl sites for hydroxylation is 1. The molecule has 1 aliphatic rings. The summed E-state index contributed by atoms with van der Waals surface area (Å²) in [5.41, 5.74) is 6.22. The molecule has 0 aliphatic carbocycles. The Balaban J connectivity index is 1.42. The Labute approximate surface area is 158 Å². The summed E-state index contributed by atoms with van der Waals surface area (Å²) in [5.74, 6) is 1.65. The minimum absolute atomic E-state index is 0.659. The van der Waals surface area contributed by atoms with Gasteiger partial charge in [-0.15, -0.1) is 11.3 Å². The minimum Gasteiger partial charge on any atom is -0.330 e. The summed E-state index contributed by atoms with van der Waals surface area (Å²) in [6.07, 6.45) is 8.86. The van der Waals surface area contributed by atoms with E-state index in [0.29, 0.717) is 5.92 Å². The van der Waals surface area contributed by atoms with E-state index in [4.69, 9.17) is 0 Å². The van der Waals surface area contributed by atoms with Crippen molar-refractivity contribution in [3.63, 3.8) is 0 Å². The average Bonchev–Trinajstić information content (AvgIpc) is 3.28. The van der Waals surface area contributed by atoms with E-state index in [2.05, 4.69) is 34.8 Å². The van der Waals surface area contributed by atoms with Gasteiger partial charge in [-0.3, -0.25) is 14.9 Å². The van der Waals surface area contributed by atoms with Crippen LogP contribution in [-0.2, 0) is 20.0 Å².